The van der Waals surface area contributed by atoms with Crippen LogP contribution in [0.4, 0.5) is 8.78 Å². The predicted octanol–water partition coefficient (Wildman–Crippen LogP) is 5.19. The van der Waals surface area contributed by atoms with E-state index in [0.717, 1.165) is 11.1 Å². The van der Waals surface area contributed by atoms with Gasteiger partial charge in [-0.3, -0.25) is 9.97 Å². The van der Waals surface area contributed by atoms with Crippen molar-refractivity contribution in [1.82, 2.24) is 19.9 Å². The first-order valence-electron chi connectivity index (χ1n) is 8.61. The molecule has 0 atom stereocenters. The van der Waals surface area contributed by atoms with Crippen LogP contribution in [0.15, 0.2) is 73.1 Å². The largest absolute Gasteiger partial charge is 0.252 e. The fourth-order valence-electron chi connectivity index (χ4n) is 3.06. The summed E-state index contributed by atoms with van der Waals surface area (Å²) in [4.78, 5) is 17.7. The van der Waals surface area contributed by atoms with Gasteiger partial charge in [-0.15, -0.1) is 0 Å². The Kier molecular flexibility index (Phi) is 3.76. The molecule has 0 aliphatic rings. The molecule has 0 radical (unpaired) electrons. The number of aromatic nitrogens is 4. The molecule has 0 fully saturated rings. The summed E-state index contributed by atoms with van der Waals surface area (Å²) in [5, 5.41) is 0. The van der Waals surface area contributed by atoms with Crippen LogP contribution in [0.5, 0.6) is 0 Å². The minimum atomic E-state index is -0.335. The molecule has 28 heavy (non-hydrogen) atoms. The van der Waals surface area contributed by atoms with Gasteiger partial charge in [-0.1, -0.05) is 24.3 Å². The van der Waals surface area contributed by atoms with Gasteiger partial charge >= 0.3 is 0 Å². The molecule has 5 rings (SSSR count). The van der Waals surface area contributed by atoms with Crippen LogP contribution in [0.2, 0.25) is 0 Å². The van der Waals surface area contributed by atoms with Crippen molar-refractivity contribution in [2.45, 2.75) is 0 Å². The fourth-order valence-corrected chi connectivity index (χ4v) is 3.06. The standard InChI is InChI=1S/C22H12F2N4/c23-15-5-7-17-19(9-15)25-11-21(27-17)13-1-2-14(4-3-13)22-12-26-20-10-16(24)6-8-18(20)28-22/h1-12H. The minimum absolute atomic E-state index is 0.335. The second-order valence-electron chi connectivity index (χ2n) is 6.35. The molecule has 0 aliphatic heterocycles. The molecule has 0 unspecified atom stereocenters. The summed E-state index contributed by atoms with van der Waals surface area (Å²) in [6.45, 7) is 0. The maximum absolute atomic E-state index is 13.3. The molecule has 134 valence electrons. The Bertz CT molecular complexity index is 1230. The third-order valence-electron chi connectivity index (χ3n) is 4.48. The number of fused-ring (bicyclic) bond motifs is 2. The lowest BCUT2D eigenvalue weighted by molar-refractivity contribution is 0.629. The Morgan fingerprint density at radius 2 is 0.929 bits per heavy atom. The van der Waals surface area contributed by atoms with E-state index in [2.05, 4.69) is 19.9 Å². The van der Waals surface area contributed by atoms with Gasteiger partial charge < -0.3 is 0 Å². The molecule has 4 nitrogen and oxygen atoms in total. The highest BCUT2D eigenvalue weighted by Gasteiger charge is 2.07. The normalized spacial score (nSPS) is 11.2. The molecule has 0 N–H and O–H groups in total. The Balaban J connectivity index is 1.50. The van der Waals surface area contributed by atoms with Crippen molar-refractivity contribution in [3.8, 4) is 22.5 Å². The molecule has 0 aliphatic carbocycles. The third-order valence-corrected chi connectivity index (χ3v) is 4.48. The monoisotopic (exact) mass is 370 g/mol. The molecule has 0 saturated carbocycles. The van der Waals surface area contributed by atoms with E-state index >= 15 is 0 Å². The minimum Gasteiger partial charge on any atom is -0.252 e. The lowest BCUT2D eigenvalue weighted by atomic mass is 10.1. The molecule has 6 heteroatoms. The second-order valence-corrected chi connectivity index (χ2v) is 6.35. The van der Waals surface area contributed by atoms with E-state index in [-0.39, 0.29) is 11.6 Å². The molecule has 2 heterocycles. The molecule has 0 spiro atoms. The molecule has 2 aromatic heterocycles. The summed E-state index contributed by atoms with van der Waals surface area (Å²) >= 11 is 0. The first-order valence-corrected chi connectivity index (χ1v) is 8.61. The average Bonchev–Trinajstić information content (AvgIpc) is 2.73. The molecule has 5 aromatic rings. The first-order chi connectivity index (χ1) is 13.7. The van der Waals surface area contributed by atoms with Gasteiger partial charge in [-0.05, 0) is 24.3 Å². The summed E-state index contributed by atoms with van der Waals surface area (Å²) in [7, 11) is 0. The van der Waals surface area contributed by atoms with Gasteiger partial charge in [0, 0.05) is 23.3 Å². The van der Waals surface area contributed by atoms with Crippen molar-refractivity contribution in [2.75, 3.05) is 0 Å². The van der Waals surface area contributed by atoms with Crippen molar-refractivity contribution in [1.29, 1.82) is 0 Å². The van der Waals surface area contributed by atoms with Gasteiger partial charge in [-0.25, -0.2) is 18.7 Å². The average molecular weight is 370 g/mol. The topological polar surface area (TPSA) is 51.6 Å². The van der Waals surface area contributed by atoms with Gasteiger partial charge in [0.1, 0.15) is 11.6 Å². The van der Waals surface area contributed by atoms with E-state index in [1.165, 1.54) is 24.3 Å². The molecular formula is C22H12F2N4. The van der Waals surface area contributed by atoms with Crippen LogP contribution in [-0.2, 0) is 0 Å². The quantitative estimate of drug-likeness (QED) is 0.429. The predicted molar refractivity (Wildman–Crippen MR) is 103 cm³/mol. The molecular weight excluding hydrogens is 358 g/mol. The van der Waals surface area contributed by atoms with Crippen molar-refractivity contribution < 1.29 is 8.78 Å². The number of rotatable bonds is 2. The Labute approximate surface area is 158 Å². The zero-order valence-corrected chi connectivity index (χ0v) is 14.5. The number of nitrogens with zero attached hydrogens (tertiary/aromatic N) is 4. The van der Waals surface area contributed by atoms with Gasteiger partial charge in [0.25, 0.3) is 0 Å². The van der Waals surface area contributed by atoms with Gasteiger partial charge in [-0.2, -0.15) is 0 Å². The maximum atomic E-state index is 13.3. The highest BCUT2D eigenvalue weighted by atomic mass is 19.1. The second kappa shape index (κ2) is 6.42. The fraction of sp³-hybridized carbons (Fsp3) is 0. The van der Waals surface area contributed by atoms with E-state index < -0.39 is 0 Å². The zero-order chi connectivity index (χ0) is 19.1. The van der Waals surface area contributed by atoms with E-state index in [4.69, 9.17) is 0 Å². The van der Waals surface area contributed by atoms with Crippen LogP contribution in [0.3, 0.4) is 0 Å². The van der Waals surface area contributed by atoms with Gasteiger partial charge in [0.05, 0.1) is 45.8 Å². The summed E-state index contributed by atoms with van der Waals surface area (Å²) in [5.41, 5.74) is 5.48. The van der Waals surface area contributed by atoms with Gasteiger partial charge in [0.2, 0.25) is 0 Å². The number of hydrogen-bond acceptors (Lipinski definition) is 4. The van der Waals surface area contributed by atoms with Crippen molar-refractivity contribution >= 4 is 22.1 Å². The van der Waals surface area contributed by atoms with Crippen LogP contribution in [0.25, 0.3) is 44.6 Å². The van der Waals surface area contributed by atoms with Crippen molar-refractivity contribution in [3.05, 3.63) is 84.7 Å². The number of halogens is 2. The lowest BCUT2D eigenvalue weighted by Crippen LogP contribution is -1.91. The van der Waals surface area contributed by atoms with Crippen LogP contribution in [-0.4, -0.2) is 19.9 Å². The Hall–Kier alpha value is -3.80. The van der Waals surface area contributed by atoms with Crippen molar-refractivity contribution in [2.24, 2.45) is 0 Å². The van der Waals surface area contributed by atoms with Crippen LogP contribution in [0.1, 0.15) is 0 Å². The summed E-state index contributed by atoms with van der Waals surface area (Å²) in [6, 6.07) is 16.4. The highest BCUT2D eigenvalue weighted by molar-refractivity contribution is 5.79. The van der Waals surface area contributed by atoms with Crippen LogP contribution in [0, 0.1) is 11.6 Å². The van der Waals surface area contributed by atoms with E-state index in [0.29, 0.717) is 33.5 Å². The summed E-state index contributed by atoms with van der Waals surface area (Å²) in [5.74, 6) is -0.670. The lowest BCUT2D eigenvalue weighted by Gasteiger charge is -2.06. The van der Waals surface area contributed by atoms with Crippen LogP contribution >= 0.6 is 0 Å². The van der Waals surface area contributed by atoms with Crippen LogP contribution < -0.4 is 0 Å². The third kappa shape index (κ3) is 2.95. The smallest absolute Gasteiger partial charge is 0.125 e. The van der Waals surface area contributed by atoms with Crippen molar-refractivity contribution in [3.63, 3.8) is 0 Å². The maximum Gasteiger partial charge on any atom is 0.125 e. The SMILES string of the molecule is Fc1ccc2nc(-c3ccc(-c4cnc5cc(F)ccc5n4)cc3)cnc2c1. The Morgan fingerprint density at radius 1 is 0.500 bits per heavy atom. The molecule has 0 amide bonds. The molecule has 3 aromatic carbocycles. The summed E-state index contributed by atoms with van der Waals surface area (Å²) in [6.07, 6.45) is 3.25. The van der Waals surface area contributed by atoms with E-state index in [1.807, 2.05) is 24.3 Å². The number of benzene rings is 3. The summed E-state index contributed by atoms with van der Waals surface area (Å²) < 4.78 is 26.6. The zero-order valence-electron chi connectivity index (χ0n) is 14.5. The Morgan fingerprint density at radius 3 is 1.36 bits per heavy atom. The van der Waals surface area contributed by atoms with E-state index in [9.17, 15) is 8.78 Å². The van der Waals surface area contributed by atoms with E-state index in [1.54, 1.807) is 24.5 Å². The number of hydrogen-bond donors (Lipinski definition) is 0. The highest BCUT2D eigenvalue weighted by Crippen LogP contribution is 2.24. The first kappa shape index (κ1) is 16.4. The molecule has 0 saturated heterocycles. The van der Waals surface area contributed by atoms with Gasteiger partial charge in [0.15, 0.2) is 0 Å². The molecule has 0 bridgehead atoms.